The van der Waals surface area contributed by atoms with Crippen LogP contribution in [0.2, 0.25) is 0 Å². The lowest BCUT2D eigenvalue weighted by Gasteiger charge is -2.33. The number of benzene rings is 1. The number of hydrogen-bond donors (Lipinski definition) is 0. The van der Waals surface area contributed by atoms with E-state index < -0.39 is 0 Å². The Kier molecular flexibility index (Phi) is 5.25. The summed E-state index contributed by atoms with van der Waals surface area (Å²) in [5.74, 6) is 1.39. The monoisotopic (exact) mass is 368 g/mol. The van der Waals surface area contributed by atoms with Gasteiger partial charge in [0.05, 0.1) is 12.7 Å². The molecule has 2 aliphatic heterocycles. The number of ether oxygens (including phenoxy) is 3. The molecular weight excluding hydrogens is 344 g/mol. The maximum atomic E-state index is 13.1. The van der Waals surface area contributed by atoms with Gasteiger partial charge in [0.15, 0.2) is 11.5 Å². The second kappa shape index (κ2) is 7.96. The van der Waals surface area contributed by atoms with Crippen LogP contribution in [0.15, 0.2) is 36.7 Å². The number of aromatic nitrogens is 1. The number of aryl methyl sites for hydroxylation is 1. The minimum absolute atomic E-state index is 0.0270. The van der Waals surface area contributed by atoms with Crippen LogP contribution < -0.4 is 9.47 Å². The molecule has 0 radical (unpaired) electrons. The first-order valence-corrected chi connectivity index (χ1v) is 9.41. The number of carbonyl (C=O) groups is 1. The van der Waals surface area contributed by atoms with Gasteiger partial charge in [-0.25, -0.2) is 0 Å². The van der Waals surface area contributed by atoms with E-state index in [0.29, 0.717) is 43.4 Å². The van der Waals surface area contributed by atoms with Crippen LogP contribution >= 0.6 is 0 Å². The van der Waals surface area contributed by atoms with E-state index in [4.69, 9.17) is 14.2 Å². The van der Waals surface area contributed by atoms with Crippen molar-refractivity contribution in [2.45, 2.75) is 32.5 Å². The summed E-state index contributed by atoms with van der Waals surface area (Å²) < 4.78 is 17.3. The first-order chi connectivity index (χ1) is 13.2. The Labute approximate surface area is 159 Å². The predicted molar refractivity (Wildman–Crippen MR) is 100 cm³/mol. The fraction of sp³-hybridized carbons (Fsp3) is 0.429. The highest BCUT2D eigenvalue weighted by Crippen LogP contribution is 2.33. The molecule has 2 aromatic rings. The van der Waals surface area contributed by atoms with Crippen molar-refractivity contribution in [2.75, 3.05) is 26.3 Å². The van der Waals surface area contributed by atoms with Crippen molar-refractivity contribution in [3.63, 3.8) is 0 Å². The summed E-state index contributed by atoms with van der Waals surface area (Å²) in [5, 5.41) is 0. The second-order valence-corrected chi connectivity index (χ2v) is 7.00. The molecule has 0 bridgehead atoms. The van der Waals surface area contributed by atoms with E-state index in [1.807, 2.05) is 42.3 Å². The molecule has 0 N–H and O–H groups in total. The van der Waals surface area contributed by atoms with Crippen LogP contribution in [0, 0.1) is 6.92 Å². The second-order valence-electron chi connectivity index (χ2n) is 7.00. The lowest BCUT2D eigenvalue weighted by Crippen LogP contribution is -2.43. The number of piperidine rings is 1. The maximum absolute atomic E-state index is 13.1. The molecule has 1 atom stereocenters. The fourth-order valence-corrected chi connectivity index (χ4v) is 3.55. The predicted octanol–water partition coefficient (Wildman–Crippen LogP) is 2.98. The zero-order chi connectivity index (χ0) is 18.6. The molecular formula is C21H24N2O4. The number of likely N-dealkylation sites (tertiary alicyclic amines) is 1. The molecule has 6 nitrogen and oxygen atoms in total. The molecule has 1 amide bonds. The standard InChI is InChI=1S/C21H24N2O4/c1-15-10-19-20(26-9-8-25-19)11-18(15)21(24)23-7-3-5-17(13-23)27-14-16-4-2-6-22-12-16/h2,4,6,10-12,17H,3,5,7-9,13-14H2,1H3/t17-/m1/s1. The zero-order valence-corrected chi connectivity index (χ0v) is 15.5. The molecule has 0 unspecified atom stereocenters. The van der Waals surface area contributed by atoms with Gasteiger partial charge in [0.25, 0.3) is 5.91 Å². The van der Waals surface area contributed by atoms with Crippen LogP contribution in [-0.2, 0) is 11.3 Å². The van der Waals surface area contributed by atoms with Crippen LogP contribution in [0.1, 0.15) is 34.3 Å². The number of pyridine rings is 1. The smallest absolute Gasteiger partial charge is 0.254 e. The largest absolute Gasteiger partial charge is 0.486 e. The summed E-state index contributed by atoms with van der Waals surface area (Å²) in [6, 6.07) is 7.60. The Morgan fingerprint density at radius 2 is 2.11 bits per heavy atom. The van der Waals surface area contributed by atoms with Crippen molar-refractivity contribution in [1.29, 1.82) is 0 Å². The van der Waals surface area contributed by atoms with E-state index in [9.17, 15) is 4.79 Å². The van der Waals surface area contributed by atoms with Crippen LogP contribution in [0.25, 0.3) is 0 Å². The summed E-state index contributed by atoms with van der Waals surface area (Å²) in [6.07, 6.45) is 5.50. The Hall–Kier alpha value is -2.60. The maximum Gasteiger partial charge on any atom is 0.254 e. The summed E-state index contributed by atoms with van der Waals surface area (Å²) in [4.78, 5) is 19.1. The summed E-state index contributed by atoms with van der Waals surface area (Å²) in [6.45, 7) is 4.86. The molecule has 6 heteroatoms. The van der Waals surface area contributed by atoms with Gasteiger partial charge < -0.3 is 19.1 Å². The number of carbonyl (C=O) groups excluding carboxylic acids is 1. The van der Waals surface area contributed by atoms with Gasteiger partial charge in [0, 0.05) is 31.0 Å². The van der Waals surface area contributed by atoms with Gasteiger partial charge in [0.1, 0.15) is 13.2 Å². The molecule has 1 saturated heterocycles. The Balaban J connectivity index is 1.42. The van der Waals surface area contributed by atoms with Crippen molar-refractivity contribution >= 4 is 5.91 Å². The molecule has 2 aliphatic rings. The first-order valence-electron chi connectivity index (χ1n) is 9.41. The van der Waals surface area contributed by atoms with Gasteiger partial charge in [0.2, 0.25) is 0 Å². The molecule has 4 rings (SSSR count). The van der Waals surface area contributed by atoms with E-state index >= 15 is 0 Å². The Morgan fingerprint density at radius 3 is 2.89 bits per heavy atom. The highest BCUT2D eigenvalue weighted by atomic mass is 16.6. The van der Waals surface area contributed by atoms with E-state index in [0.717, 1.165) is 30.5 Å². The summed E-state index contributed by atoms with van der Waals surface area (Å²) in [5.41, 5.74) is 2.62. The van der Waals surface area contributed by atoms with Crippen molar-refractivity contribution in [3.05, 3.63) is 53.3 Å². The van der Waals surface area contributed by atoms with E-state index in [1.165, 1.54) is 0 Å². The van der Waals surface area contributed by atoms with E-state index in [2.05, 4.69) is 4.98 Å². The number of rotatable bonds is 4. The Morgan fingerprint density at radius 1 is 1.30 bits per heavy atom. The van der Waals surface area contributed by atoms with Gasteiger partial charge >= 0.3 is 0 Å². The lowest BCUT2D eigenvalue weighted by molar-refractivity contribution is -0.00685. The zero-order valence-electron chi connectivity index (χ0n) is 15.5. The van der Waals surface area contributed by atoms with Crippen molar-refractivity contribution < 1.29 is 19.0 Å². The van der Waals surface area contributed by atoms with Gasteiger partial charge in [-0.15, -0.1) is 0 Å². The molecule has 0 aliphatic carbocycles. The third kappa shape index (κ3) is 4.06. The molecule has 0 saturated carbocycles. The number of fused-ring (bicyclic) bond motifs is 1. The number of hydrogen-bond acceptors (Lipinski definition) is 5. The SMILES string of the molecule is Cc1cc2c(cc1C(=O)N1CCC[C@@H](OCc3cccnc3)C1)OCCO2. The molecule has 3 heterocycles. The van der Waals surface area contributed by atoms with Crippen LogP contribution in [0.3, 0.4) is 0 Å². The van der Waals surface area contributed by atoms with Gasteiger partial charge in [-0.05, 0) is 49.1 Å². The quantitative estimate of drug-likeness (QED) is 0.830. The lowest BCUT2D eigenvalue weighted by atomic mass is 10.0. The van der Waals surface area contributed by atoms with Gasteiger partial charge in [-0.2, -0.15) is 0 Å². The highest BCUT2D eigenvalue weighted by molar-refractivity contribution is 5.96. The average molecular weight is 368 g/mol. The molecule has 1 aromatic carbocycles. The van der Waals surface area contributed by atoms with Gasteiger partial charge in [-0.1, -0.05) is 6.07 Å². The van der Waals surface area contributed by atoms with Crippen molar-refractivity contribution in [3.8, 4) is 11.5 Å². The first kappa shape index (κ1) is 17.8. The van der Waals surface area contributed by atoms with Gasteiger partial charge in [-0.3, -0.25) is 9.78 Å². The average Bonchev–Trinajstić information content (AvgIpc) is 2.72. The highest BCUT2D eigenvalue weighted by Gasteiger charge is 2.27. The van der Waals surface area contributed by atoms with E-state index in [1.54, 1.807) is 6.20 Å². The third-order valence-electron chi connectivity index (χ3n) is 4.99. The van der Waals surface area contributed by atoms with Crippen molar-refractivity contribution in [1.82, 2.24) is 9.88 Å². The van der Waals surface area contributed by atoms with E-state index in [-0.39, 0.29) is 12.0 Å². The topological polar surface area (TPSA) is 60.9 Å². The molecule has 0 spiro atoms. The summed E-state index contributed by atoms with van der Waals surface area (Å²) >= 11 is 0. The molecule has 27 heavy (non-hydrogen) atoms. The molecule has 1 aromatic heterocycles. The summed E-state index contributed by atoms with van der Waals surface area (Å²) in [7, 11) is 0. The van der Waals surface area contributed by atoms with Crippen molar-refractivity contribution in [2.24, 2.45) is 0 Å². The normalized spacial score (nSPS) is 19.0. The van der Waals surface area contributed by atoms with Crippen LogP contribution in [-0.4, -0.2) is 48.2 Å². The number of amides is 1. The fourth-order valence-electron chi connectivity index (χ4n) is 3.55. The minimum Gasteiger partial charge on any atom is -0.486 e. The van der Waals surface area contributed by atoms with Crippen LogP contribution in [0.5, 0.6) is 11.5 Å². The minimum atomic E-state index is 0.0270. The van der Waals surface area contributed by atoms with Crippen LogP contribution in [0.4, 0.5) is 0 Å². The molecule has 142 valence electrons. The number of nitrogens with zero attached hydrogens (tertiary/aromatic N) is 2. The molecule has 1 fully saturated rings. The third-order valence-corrected chi connectivity index (χ3v) is 4.99. The Bertz CT molecular complexity index is 809.